The normalized spacial score (nSPS) is 18.8. The number of amides is 2. The first-order chi connectivity index (χ1) is 7.50. The Hall–Kier alpha value is -1.22. The van der Waals surface area contributed by atoms with Gasteiger partial charge in [0.25, 0.3) is 0 Å². The van der Waals surface area contributed by atoms with Crippen LogP contribution in [-0.2, 0) is 9.59 Å². The molecule has 5 nitrogen and oxygen atoms in total. The lowest BCUT2D eigenvalue weighted by Crippen LogP contribution is -2.63. The average molecular weight is 241 g/mol. The van der Waals surface area contributed by atoms with Crippen LogP contribution in [0.1, 0.15) is 13.8 Å². The Bertz CT molecular complexity index is 335. The lowest BCUT2D eigenvalue weighted by atomic mass is 9.99. The molecule has 0 unspecified atom stereocenters. The fourth-order valence-electron chi connectivity index (χ4n) is 1.60. The van der Waals surface area contributed by atoms with E-state index in [0.717, 1.165) is 0 Å². The van der Waals surface area contributed by atoms with Crippen molar-refractivity contribution in [1.29, 1.82) is 5.26 Å². The maximum atomic E-state index is 11.8. The molecular formula is C10H15N3O2S. The molecule has 16 heavy (non-hydrogen) atoms. The molecule has 2 amide bonds. The molecule has 0 aromatic rings. The van der Waals surface area contributed by atoms with Gasteiger partial charge in [-0.1, -0.05) is 0 Å². The topological polar surface area (TPSA) is 73.2 Å². The zero-order valence-corrected chi connectivity index (χ0v) is 10.3. The van der Waals surface area contributed by atoms with Crippen LogP contribution in [0.15, 0.2) is 0 Å². The van der Waals surface area contributed by atoms with E-state index in [9.17, 15) is 9.59 Å². The van der Waals surface area contributed by atoms with Crippen molar-refractivity contribution in [3.8, 4) is 6.07 Å². The smallest absolute Gasteiger partial charge is 0.245 e. The Kier molecular flexibility index (Phi) is 4.19. The van der Waals surface area contributed by atoms with Gasteiger partial charge in [-0.05, 0) is 13.8 Å². The van der Waals surface area contributed by atoms with Crippen LogP contribution in [0.25, 0.3) is 0 Å². The van der Waals surface area contributed by atoms with Crippen LogP contribution in [0.4, 0.5) is 0 Å². The van der Waals surface area contributed by atoms with Crippen molar-refractivity contribution in [3.05, 3.63) is 0 Å². The Labute approximate surface area is 99.2 Å². The molecule has 88 valence electrons. The summed E-state index contributed by atoms with van der Waals surface area (Å²) in [7, 11) is 0. The van der Waals surface area contributed by atoms with Crippen LogP contribution >= 0.6 is 11.8 Å². The highest BCUT2D eigenvalue weighted by Crippen LogP contribution is 2.18. The van der Waals surface area contributed by atoms with E-state index in [-0.39, 0.29) is 17.6 Å². The van der Waals surface area contributed by atoms with Crippen molar-refractivity contribution in [1.82, 2.24) is 10.2 Å². The van der Waals surface area contributed by atoms with Gasteiger partial charge in [-0.25, -0.2) is 0 Å². The number of piperazine rings is 1. The highest BCUT2D eigenvalue weighted by molar-refractivity contribution is 8.00. The minimum Gasteiger partial charge on any atom is -0.352 e. The number of hydrogen-bond acceptors (Lipinski definition) is 4. The first-order valence-electron chi connectivity index (χ1n) is 5.03. The largest absolute Gasteiger partial charge is 0.352 e. The molecule has 0 saturated carbocycles. The van der Waals surface area contributed by atoms with E-state index in [1.54, 1.807) is 18.7 Å². The summed E-state index contributed by atoms with van der Waals surface area (Å²) in [4.78, 5) is 25.0. The van der Waals surface area contributed by atoms with Crippen LogP contribution in [0, 0.1) is 11.3 Å². The van der Waals surface area contributed by atoms with Crippen molar-refractivity contribution in [2.45, 2.75) is 19.4 Å². The minimum absolute atomic E-state index is 0.0832. The summed E-state index contributed by atoms with van der Waals surface area (Å²) in [6.07, 6.45) is 0. The van der Waals surface area contributed by atoms with Gasteiger partial charge in [0.2, 0.25) is 11.8 Å². The van der Waals surface area contributed by atoms with Crippen molar-refractivity contribution in [2.75, 3.05) is 24.6 Å². The molecule has 0 aromatic carbocycles. The first-order valence-corrected chi connectivity index (χ1v) is 6.19. The standard InChI is InChI=1S/C10H15N3O2S/c1-10(2)9(15)12-4-5-13(10)8(14)7-16-6-3-11/h4-7H2,1-2H3,(H,12,15). The molecule has 1 rings (SSSR count). The Morgan fingerprint density at radius 3 is 3.00 bits per heavy atom. The summed E-state index contributed by atoms with van der Waals surface area (Å²) in [5.74, 6) is 0.341. The molecule has 1 saturated heterocycles. The monoisotopic (exact) mass is 241 g/mol. The van der Waals surface area contributed by atoms with Crippen LogP contribution in [0.3, 0.4) is 0 Å². The molecule has 0 aromatic heterocycles. The number of nitriles is 1. The van der Waals surface area contributed by atoms with Gasteiger partial charge in [0.1, 0.15) is 5.54 Å². The highest BCUT2D eigenvalue weighted by atomic mass is 32.2. The van der Waals surface area contributed by atoms with Crippen LogP contribution in [0.5, 0.6) is 0 Å². The van der Waals surface area contributed by atoms with Crippen LogP contribution in [0.2, 0.25) is 0 Å². The number of nitrogens with one attached hydrogen (secondary N) is 1. The molecule has 0 atom stereocenters. The van der Waals surface area contributed by atoms with Crippen molar-refractivity contribution >= 4 is 23.6 Å². The van der Waals surface area contributed by atoms with Crippen LogP contribution < -0.4 is 5.32 Å². The second-order valence-corrected chi connectivity index (χ2v) is 5.00. The van der Waals surface area contributed by atoms with E-state index < -0.39 is 5.54 Å². The van der Waals surface area contributed by atoms with E-state index in [0.29, 0.717) is 18.8 Å². The predicted octanol–water partition coefficient (Wildman–Crippen LogP) is -0.0198. The lowest BCUT2D eigenvalue weighted by Gasteiger charge is -2.41. The lowest BCUT2D eigenvalue weighted by molar-refractivity contribution is -0.147. The van der Waals surface area contributed by atoms with Gasteiger partial charge in [-0.3, -0.25) is 9.59 Å². The summed E-state index contributed by atoms with van der Waals surface area (Å²) >= 11 is 1.27. The summed E-state index contributed by atoms with van der Waals surface area (Å²) in [5, 5.41) is 11.1. The van der Waals surface area contributed by atoms with E-state index in [1.807, 2.05) is 6.07 Å². The van der Waals surface area contributed by atoms with Crippen molar-refractivity contribution < 1.29 is 9.59 Å². The molecule has 0 spiro atoms. The second-order valence-electron chi connectivity index (χ2n) is 4.01. The molecule has 1 N–H and O–H groups in total. The Morgan fingerprint density at radius 1 is 1.69 bits per heavy atom. The van der Waals surface area contributed by atoms with E-state index in [2.05, 4.69) is 5.32 Å². The predicted molar refractivity (Wildman–Crippen MR) is 61.7 cm³/mol. The van der Waals surface area contributed by atoms with Gasteiger partial charge >= 0.3 is 0 Å². The molecule has 6 heteroatoms. The number of nitrogens with zero attached hydrogens (tertiary/aromatic N) is 2. The fraction of sp³-hybridized carbons (Fsp3) is 0.700. The third kappa shape index (κ3) is 2.67. The minimum atomic E-state index is -0.789. The van der Waals surface area contributed by atoms with Crippen molar-refractivity contribution in [2.24, 2.45) is 0 Å². The van der Waals surface area contributed by atoms with Crippen molar-refractivity contribution in [3.63, 3.8) is 0 Å². The Balaban J connectivity index is 2.61. The molecule has 0 radical (unpaired) electrons. The molecular weight excluding hydrogens is 226 g/mol. The van der Waals surface area contributed by atoms with Gasteiger partial charge in [-0.15, -0.1) is 11.8 Å². The summed E-state index contributed by atoms with van der Waals surface area (Å²) in [6, 6.07) is 1.97. The van der Waals surface area contributed by atoms with E-state index in [1.165, 1.54) is 11.8 Å². The molecule has 0 bridgehead atoms. The molecule has 1 aliphatic heterocycles. The van der Waals surface area contributed by atoms with Gasteiger partial charge < -0.3 is 10.2 Å². The second kappa shape index (κ2) is 5.21. The molecule has 1 heterocycles. The van der Waals surface area contributed by atoms with E-state index >= 15 is 0 Å². The van der Waals surface area contributed by atoms with Gasteiger partial charge in [-0.2, -0.15) is 5.26 Å². The third-order valence-corrected chi connectivity index (χ3v) is 3.33. The summed E-state index contributed by atoms with van der Waals surface area (Å²) in [5.41, 5.74) is -0.789. The SMILES string of the molecule is CC1(C)C(=O)NCCN1C(=O)CSCC#N. The molecule has 1 fully saturated rings. The maximum Gasteiger partial charge on any atom is 0.245 e. The highest BCUT2D eigenvalue weighted by Gasteiger charge is 2.39. The molecule has 1 aliphatic rings. The van der Waals surface area contributed by atoms with Gasteiger partial charge in [0.15, 0.2) is 0 Å². The number of thioether (sulfide) groups is 1. The average Bonchev–Trinajstić information content (AvgIpc) is 2.22. The van der Waals surface area contributed by atoms with Crippen LogP contribution in [-0.4, -0.2) is 46.8 Å². The summed E-state index contributed by atoms with van der Waals surface area (Å²) in [6.45, 7) is 4.49. The van der Waals surface area contributed by atoms with Gasteiger partial charge in [0.05, 0.1) is 17.6 Å². The number of hydrogen-bond donors (Lipinski definition) is 1. The quantitative estimate of drug-likeness (QED) is 0.705. The Morgan fingerprint density at radius 2 is 2.38 bits per heavy atom. The summed E-state index contributed by atoms with van der Waals surface area (Å²) < 4.78 is 0. The molecule has 0 aliphatic carbocycles. The number of carbonyl (C=O) groups is 2. The van der Waals surface area contributed by atoms with E-state index in [4.69, 9.17) is 5.26 Å². The van der Waals surface area contributed by atoms with Gasteiger partial charge in [0, 0.05) is 13.1 Å². The zero-order valence-electron chi connectivity index (χ0n) is 9.45. The zero-order chi connectivity index (χ0) is 12.2. The fourth-order valence-corrected chi connectivity index (χ4v) is 2.12. The maximum absolute atomic E-state index is 11.8. The number of rotatable bonds is 3. The third-order valence-electron chi connectivity index (χ3n) is 2.54. The first kappa shape index (κ1) is 12.8. The number of carbonyl (C=O) groups excluding carboxylic acids is 2.